The number of rotatable bonds is 4. The number of halogens is 1. The Balaban J connectivity index is 1.36. The second kappa shape index (κ2) is 6.64. The summed E-state index contributed by atoms with van der Waals surface area (Å²) in [6.45, 7) is 3.79. The number of aryl methyl sites for hydroxylation is 1. The zero-order valence-electron chi connectivity index (χ0n) is 14.0. The van der Waals surface area contributed by atoms with Crippen molar-refractivity contribution in [3.05, 3.63) is 48.4 Å². The van der Waals surface area contributed by atoms with Crippen molar-refractivity contribution in [2.24, 2.45) is 7.05 Å². The van der Waals surface area contributed by atoms with Crippen LogP contribution in [0.5, 0.6) is 0 Å². The van der Waals surface area contributed by atoms with Crippen LogP contribution in [0.3, 0.4) is 0 Å². The van der Waals surface area contributed by atoms with Gasteiger partial charge in [0.15, 0.2) is 17.4 Å². The first-order valence-corrected chi connectivity index (χ1v) is 8.21. The van der Waals surface area contributed by atoms with Crippen LogP contribution in [-0.2, 0) is 13.6 Å². The highest BCUT2D eigenvalue weighted by Crippen LogP contribution is 2.21. The van der Waals surface area contributed by atoms with Gasteiger partial charge in [0.1, 0.15) is 5.69 Å². The third kappa shape index (κ3) is 3.39. The third-order valence-electron chi connectivity index (χ3n) is 4.35. The van der Waals surface area contributed by atoms with Crippen LogP contribution in [-0.4, -0.2) is 51.0 Å². The van der Waals surface area contributed by atoms with Gasteiger partial charge in [-0.15, -0.1) is 0 Å². The summed E-state index contributed by atoms with van der Waals surface area (Å²) in [5.74, 6) is 0.976. The van der Waals surface area contributed by atoms with Gasteiger partial charge in [-0.3, -0.25) is 9.58 Å². The molecule has 1 fully saturated rings. The van der Waals surface area contributed by atoms with Gasteiger partial charge >= 0.3 is 0 Å². The molecule has 0 N–H and O–H groups in total. The molecule has 1 aliphatic rings. The molecule has 7 nitrogen and oxygen atoms in total. The molecule has 130 valence electrons. The smallest absolute Gasteiger partial charge is 0.165 e. The summed E-state index contributed by atoms with van der Waals surface area (Å²) in [7, 11) is 1.87. The van der Waals surface area contributed by atoms with Gasteiger partial charge in [-0.05, 0) is 12.1 Å². The lowest BCUT2D eigenvalue weighted by atomic mass is 10.2. The Labute approximate surface area is 144 Å². The summed E-state index contributed by atoms with van der Waals surface area (Å²) in [6.07, 6.45) is 5.29. The minimum Gasteiger partial charge on any atom is -0.359 e. The van der Waals surface area contributed by atoms with Gasteiger partial charge in [0.2, 0.25) is 0 Å². The summed E-state index contributed by atoms with van der Waals surface area (Å²) in [5.41, 5.74) is 1.73. The third-order valence-corrected chi connectivity index (χ3v) is 4.35. The first kappa shape index (κ1) is 15.8. The molecule has 1 saturated heterocycles. The molecule has 0 aliphatic carbocycles. The van der Waals surface area contributed by atoms with Crippen LogP contribution in [0.1, 0.15) is 5.76 Å². The molecule has 0 aromatic carbocycles. The molecular formula is C17H19FN6O. The fourth-order valence-corrected chi connectivity index (χ4v) is 3.03. The van der Waals surface area contributed by atoms with Crippen LogP contribution in [0, 0.1) is 5.82 Å². The number of hydrogen-bond donors (Lipinski definition) is 0. The molecule has 25 heavy (non-hydrogen) atoms. The number of anilines is 1. The average Bonchev–Trinajstić information content (AvgIpc) is 3.25. The van der Waals surface area contributed by atoms with Crippen LogP contribution in [0.2, 0.25) is 0 Å². The minimum atomic E-state index is -0.271. The average molecular weight is 342 g/mol. The molecule has 0 atom stereocenters. The van der Waals surface area contributed by atoms with E-state index in [-0.39, 0.29) is 5.82 Å². The normalized spacial score (nSPS) is 15.7. The number of pyridine rings is 1. The van der Waals surface area contributed by atoms with Gasteiger partial charge < -0.3 is 9.42 Å². The van der Waals surface area contributed by atoms with Crippen molar-refractivity contribution in [1.29, 1.82) is 0 Å². The molecule has 0 unspecified atom stereocenters. The van der Waals surface area contributed by atoms with Crippen LogP contribution in [0.4, 0.5) is 10.2 Å². The number of nitrogens with zero attached hydrogens (tertiary/aromatic N) is 6. The Morgan fingerprint density at radius 1 is 1.24 bits per heavy atom. The van der Waals surface area contributed by atoms with Crippen molar-refractivity contribution in [3.63, 3.8) is 0 Å². The van der Waals surface area contributed by atoms with E-state index in [1.807, 2.05) is 24.2 Å². The molecule has 0 radical (unpaired) electrons. The first-order valence-electron chi connectivity index (χ1n) is 8.21. The van der Waals surface area contributed by atoms with E-state index in [1.165, 1.54) is 6.07 Å². The van der Waals surface area contributed by atoms with Gasteiger partial charge in [-0.1, -0.05) is 5.16 Å². The van der Waals surface area contributed by atoms with E-state index < -0.39 is 0 Å². The molecule has 0 saturated carbocycles. The van der Waals surface area contributed by atoms with E-state index in [9.17, 15) is 4.39 Å². The second-order valence-electron chi connectivity index (χ2n) is 6.15. The lowest BCUT2D eigenvalue weighted by molar-refractivity contribution is 0.219. The number of piperazine rings is 1. The highest BCUT2D eigenvalue weighted by molar-refractivity contribution is 5.56. The van der Waals surface area contributed by atoms with Gasteiger partial charge in [-0.25, -0.2) is 9.37 Å². The summed E-state index contributed by atoms with van der Waals surface area (Å²) in [5, 5.41) is 8.26. The van der Waals surface area contributed by atoms with Crippen LogP contribution in [0.25, 0.3) is 11.3 Å². The summed E-state index contributed by atoms with van der Waals surface area (Å²) in [6, 6.07) is 5.00. The van der Waals surface area contributed by atoms with Crippen molar-refractivity contribution >= 4 is 5.82 Å². The fourth-order valence-electron chi connectivity index (χ4n) is 3.03. The number of aromatic nitrogens is 4. The van der Waals surface area contributed by atoms with Crippen molar-refractivity contribution in [2.75, 3.05) is 31.1 Å². The minimum absolute atomic E-state index is 0.271. The Morgan fingerprint density at radius 3 is 2.80 bits per heavy atom. The van der Waals surface area contributed by atoms with Gasteiger partial charge in [-0.2, -0.15) is 5.10 Å². The van der Waals surface area contributed by atoms with Crippen LogP contribution < -0.4 is 4.90 Å². The van der Waals surface area contributed by atoms with Crippen molar-refractivity contribution in [1.82, 2.24) is 24.8 Å². The molecular weight excluding hydrogens is 323 g/mol. The molecule has 4 rings (SSSR count). The Bertz CT molecular complexity index is 852. The Kier molecular flexibility index (Phi) is 4.19. The predicted octanol–water partition coefficient (Wildman–Crippen LogP) is 1.93. The van der Waals surface area contributed by atoms with Gasteiger partial charge in [0, 0.05) is 57.3 Å². The molecule has 3 aromatic heterocycles. The maximum absolute atomic E-state index is 13.8. The van der Waals surface area contributed by atoms with E-state index in [1.54, 1.807) is 23.1 Å². The largest absolute Gasteiger partial charge is 0.359 e. The van der Waals surface area contributed by atoms with E-state index >= 15 is 0 Å². The Hall–Kier alpha value is -2.74. The zero-order valence-corrected chi connectivity index (χ0v) is 14.0. The standard InChI is InChI=1S/C17H19FN6O/c1-22-11-13(10-20-22)16-9-14(25-21-16)12-23-5-7-24(8-6-23)17-15(18)3-2-4-19-17/h2-4,9-11H,5-8,12H2,1H3. The van der Waals surface area contributed by atoms with E-state index in [2.05, 4.69) is 20.1 Å². The van der Waals surface area contributed by atoms with Crippen molar-refractivity contribution in [3.8, 4) is 11.3 Å². The van der Waals surface area contributed by atoms with Crippen LogP contribution >= 0.6 is 0 Å². The maximum Gasteiger partial charge on any atom is 0.165 e. The molecule has 0 spiro atoms. The lowest BCUT2D eigenvalue weighted by Gasteiger charge is -2.34. The van der Waals surface area contributed by atoms with Crippen molar-refractivity contribution in [2.45, 2.75) is 6.54 Å². The topological polar surface area (TPSA) is 63.2 Å². The second-order valence-corrected chi connectivity index (χ2v) is 6.15. The quantitative estimate of drug-likeness (QED) is 0.722. The van der Waals surface area contributed by atoms with E-state index in [4.69, 9.17) is 4.52 Å². The highest BCUT2D eigenvalue weighted by atomic mass is 19.1. The molecule has 3 aromatic rings. The lowest BCUT2D eigenvalue weighted by Crippen LogP contribution is -2.46. The first-order chi connectivity index (χ1) is 12.2. The molecule has 8 heteroatoms. The molecule has 0 amide bonds. The maximum atomic E-state index is 13.8. The molecule has 0 bridgehead atoms. The zero-order chi connectivity index (χ0) is 17.2. The van der Waals surface area contributed by atoms with Gasteiger partial charge in [0.05, 0.1) is 12.7 Å². The number of hydrogen-bond acceptors (Lipinski definition) is 6. The van der Waals surface area contributed by atoms with Crippen molar-refractivity contribution < 1.29 is 8.91 Å². The SMILES string of the molecule is Cn1cc(-c2cc(CN3CCN(c4ncccc4F)CC3)on2)cn1. The monoisotopic (exact) mass is 342 g/mol. The predicted molar refractivity (Wildman–Crippen MR) is 90.4 cm³/mol. The van der Waals surface area contributed by atoms with Gasteiger partial charge in [0.25, 0.3) is 0 Å². The summed E-state index contributed by atoms with van der Waals surface area (Å²) >= 11 is 0. The van der Waals surface area contributed by atoms with E-state index in [0.717, 1.165) is 43.2 Å². The fraction of sp³-hybridized carbons (Fsp3) is 0.353. The highest BCUT2D eigenvalue weighted by Gasteiger charge is 2.21. The summed E-state index contributed by atoms with van der Waals surface area (Å²) in [4.78, 5) is 8.39. The Morgan fingerprint density at radius 2 is 2.08 bits per heavy atom. The van der Waals surface area contributed by atoms with Crippen LogP contribution in [0.15, 0.2) is 41.3 Å². The molecule has 4 heterocycles. The van der Waals surface area contributed by atoms with E-state index in [0.29, 0.717) is 12.4 Å². The molecule has 1 aliphatic heterocycles. The summed E-state index contributed by atoms with van der Waals surface area (Å²) < 4.78 is 21.0.